The Balaban J connectivity index is 0.914. The van der Waals surface area contributed by atoms with Crippen LogP contribution >= 0.6 is 0 Å². The second-order valence-electron chi connectivity index (χ2n) is 18.5. The number of hydrogen-bond donors (Lipinski definition) is 0. The van der Waals surface area contributed by atoms with Crippen LogP contribution in [0.25, 0.3) is 115 Å². The van der Waals surface area contributed by atoms with E-state index >= 15 is 0 Å². The summed E-state index contributed by atoms with van der Waals surface area (Å²) < 4.78 is 8.93. The SMILES string of the molecule is c1ccc(-c2cc(-c3ccc4ccccc4c3)ccc2N(c2ccc(-c3cccc(-n4c5ccccc5c5ccccc54)c3)cc2)c2cccc(-c3ccc4oc5c6ccccc6ccc5c4c3)c2)cc1. The van der Waals surface area contributed by atoms with Gasteiger partial charge in [0.1, 0.15) is 11.2 Å². The van der Waals surface area contributed by atoms with Crippen molar-refractivity contribution in [2.75, 3.05) is 4.90 Å². The molecule has 0 atom stereocenters. The summed E-state index contributed by atoms with van der Waals surface area (Å²) in [5, 5.41) is 9.51. The first-order valence-electron chi connectivity index (χ1n) is 24.3. The van der Waals surface area contributed by atoms with Crippen LogP contribution in [0.4, 0.5) is 17.1 Å². The first kappa shape index (κ1) is 40.6. The van der Waals surface area contributed by atoms with Crippen molar-refractivity contribution in [3.63, 3.8) is 0 Å². The van der Waals surface area contributed by atoms with E-state index in [1.165, 1.54) is 49.1 Å². The van der Waals surface area contributed by atoms with Gasteiger partial charge in [-0.25, -0.2) is 0 Å². The zero-order chi connectivity index (χ0) is 46.8. The molecule has 0 amide bonds. The van der Waals surface area contributed by atoms with Crippen molar-refractivity contribution >= 4 is 82.4 Å². The van der Waals surface area contributed by atoms with Crippen molar-refractivity contribution < 1.29 is 4.42 Å². The highest BCUT2D eigenvalue weighted by Crippen LogP contribution is 2.45. The van der Waals surface area contributed by atoms with E-state index in [9.17, 15) is 0 Å². The van der Waals surface area contributed by atoms with Gasteiger partial charge in [-0.15, -0.1) is 0 Å². The molecule has 0 bridgehead atoms. The van der Waals surface area contributed by atoms with E-state index in [1.54, 1.807) is 0 Å². The van der Waals surface area contributed by atoms with Gasteiger partial charge in [0, 0.05) is 49.6 Å². The Hall–Kier alpha value is -9.44. The average molecular weight is 905 g/mol. The summed E-state index contributed by atoms with van der Waals surface area (Å²) in [5.74, 6) is 0. The Morgan fingerprint density at radius 1 is 0.296 bits per heavy atom. The molecule has 0 spiro atoms. The molecule has 0 N–H and O–H groups in total. The maximum atomic E-state index is 6.54. The van der Waals surface area contributed by atoms with Gasteiger partial charge >= 0.3 is 0 Å². The van der Waals surface area contributed by atoms with E-state index in [2.05, 4.69) is 276 Å². The van der Waals surface area contributed by atoms with Gasteiger partial charge in [-0.1, -0.05) is 182 Å². The Morgan fingerprint density at radius 3 is 1.68 bits per heavy atom. The first-order valence-corrected chi connectivity index (χ1v) is 24.3. The Labute approximate surface area is 411 Å². The molecule has 0 aliphatic rings. The Morgan fingerprint density at radius 2 is 0.873 bits per heavy atom. The number of fused-ring (bicyclic) bond motifs is 9. The predicted octanol–water partition coefficient (Wildman–Crippen LogP) is 19.1. The maximum absolute atomic E-state index is 6.54. The molecule has 2 aromatic heterocycles. The van der Waals surface area contributed by atoms with Gasteiger partial charge in [-0.3, -0.25) is 0 Å². The highest BCUT2D eigenvalue weighted by atomic mass is 16.3. The topological polar surface area (TPSA) is 21.3 Å². The van der Waals surface area contributed by atoms with E-state index in [4.69, 9.17) is 4.42 Å². The van der Waals surface area contributed by atoms with E-state index in [0.717, 1.165) is 83.5 Å². The summed E-state index contributed by atoms with van der Waals surface area (Å²) in [6.07, 6.45) is 0. The molecular weight excluding hydrogens is 861 g/mol. The van der Waals surface area contributed by atoms with Gasteiger partial charge in [-0.2, -0.15) is 0 Å². The van der Waals surface area contributed by atoms with Gasteiger partial charge in [0.2, 0.25) is 0 Å². The van der Waals surface area contributed by atoms with Crippen LogP contribution in [0.2, 0.25) is 0 Å². The second kappa shape index (κ2) is 16.7. The number of rotatable bonds is 8. The zero-order valence-corrected chi connectivity index (χ0v) is 38.7. The molecule has 0 aliphatic carbocycles. The number of furan rings is 1. The molecule has 0 saturated carbocycles. The van der Waals surface area contributed by atoms with Crippen molar-refractivity contribution in [2.24, 2.45) is 0 Å². The van der Waals surface area contributed by atoms with Gasteiger partial charge in [0.15, 0.2) is 0 Å². The fourth-order valence-corrected chi connectivity index (χ4v) is 10.9. The van der Waals surface area contributed by atoms with Crippen LogP contribution in [0.15, 0.2) is 271 Å². The number of nitrogens with zero attached hydrogens (tertiary/aromatic N) is 2. The molecule has 2 heterocycles. The normalized spacial score (nSPS) is 11.7. The van der Waals surface area contributed by atoms with E-state index in [0.29, 0.717) is 0 Å². The molecule has 14 aromatic rings. The van der Waals surface area contributed by atoms with Gasteiger partial charge in [-0.05, 0) is 140 Å². The lowest BCUT2D eigenvalue weighted by molar-refractivity contribution is 0.672. The van der Waals surface area contributed by atoms with Crippen LogP contribution in [0.5, 0.6) is 0 Å². The van der Waals surface area contributed by atoms with Gasteiger partial charge < -0.3 is 13.9 Å². The molecule has 3 heteroatoms. The van der Waals surface area contributed by atoms with Gasteiger partial charge in [0.05, 0.1) is 16.7 Å². The summed E-state index contributed by atoms with van der Waals surface area (Å²) in [6, 6.07) is 96.9. The van der Waals surface area contributed by atoms with Crippen LogP contribution in [0, 0.1) is 0 Å². The summed E-state index contributed by atoms with van der Waals surface area (Å²) >= 11 is 0. The van der Waals surface area contributed by atoms with Crippen LogP contribution in [-0.2, 0) is 0 Å². The molecule has 3 nitrogen and oxygen atoms in total. The number of para-hydroxylation sites is 2. The van der Waals surface area contributed by atoms with Crippen LogP contribution < -0.4 is 4.90 Å². The summed E-state index contributed by atoms with van der Waals surface area (Å²) in [4.78, 5) is 2.42. The van der Waals surface area contributed by atoms with Crippen molar-refractivity contribution in [3.05, 3.63) is 267 Å². The van der Waals surface area contributed by atoms with Gasteiger partial charge in [0.25, 0.3) is 0 Å². The largest absolute Gasteiger partial charge is 0.455 e. The monoisotopic (exact) mass is 904 g/mol. The highest BCUT2D eigenvalue weighted by Gasteiger charge is 2.21. The van der Waals surface area contributed by atoms with Crippen molar-refractivity contribution in [1.29, 1.82) is 0 Å². The molecule has 14 rings (SSSR count). The molecule has 0 unspecified atom stereocenters. The molecule has 71 heavy (non-hydrogen) atoms. The van der Waals surface area contributed by atoms with E-state index < -0.39 is 0 Å². The average Bonchev–Trinajstić information content (AvgIpc) is 4.00. The minimum Gasteiger partial charge on any atom is -0.455 e. The van der Waals surface area contributed by atoms with E-state index in [1.807, 2.05) is 0 Å². The minimum absolute atomic E-state index is 0.887. The zero-order valence-electron chi connectivity index (χ0n) is 38.7. The van der Waals surface area contributed by atoms with Crippen molar-refractivity contribution in [1.82, 2.24) is 4.57 Å². The van der Waals surface area contributed by atoms with Crippen molar-refractivity contribution in [2.45, 2.75) is 0 Å². The van der Waals surface area contributed by atoms with E-state index in [-0.39, 0.29) is 0 Å². The van der Waals surface area contributed by atoms with Crippen LogP contribution in [-0.4, -0.2) is 4.57 Å². The minimum atomic E-state index is 0.887. The molecule has 12 aromatic carbocycles. The third-order valence-electron chi connectivity index (χ3n) is 14.3. The summed E-state index contributed by atoms with van der Waals surface area (Å²) in [7, 11) is 0. The number of anilines is 3. The first-order chi connectivity index (χ1) is 35.2. The molecule has 0 radical (unpaired) electrons. The lowest BCUT2D eigenvalue weighted by Gasteiger charge is -2.29. The Bertz CT molecular complexity index is 4300. The molecular formula is C68H44N2O. The fourth-order valence-electron chi connectivity index (χ4n) is 10.9. The summed E-state index contributed by atoms with van der Waals surface area (Å²) in [5.41, 5.74) is 17.7. The quantitative estimate of drug-likeness (QED) is 0.151. The molecule has 0 fully saturated rings. The molecule has 332 valence electrons. The smallest absolute Gasteiger partial charge is 0.143 e. The third-order valence-corrected chi connectivity index (χ3v) is 14.3. The molecule has 0 saturated heterocycles. The Kier molecular flexibility index (Phi) is 9.53. The lowest BCUT2D eigenvalue weighted by Crippen LogP contribution is -2.11. The van der Waals surface area contributed by atoms with Crippen LogP contribution in [0.3, 0.4) is 0 Å². The third kappa shape index (κ3) is 6.97. The van der Waals surface area contributed by atoms with Crippen molar-refractivity contribution in [3.8, 4) is 50.2 Å². The highest BCUT2D eigenvalue weighted by molar-refractivity contribution is 6.15. The second-order valence-corrected chi connectivity index (χ2v) is 18.5. The predicted molar refractivity (Wildman–Crippen MR) is 299 cm³/mol. The van der Waals surface area contributed by atoms with Crippen LogP contribution in [0.1, 0.15) is 0 Å². The number of hydrogen-bond acceptors (Lipinski definition) is 2. The summed E-state index contributed by atoms with van der Waals surface area (Å²) in [6.45, 7) is 0. The maximum Gasteiger partial charge on any atom is 0.143 e. The standard InChI is InChI=1S/C68H44N2O/c1-2-15-47(16-3-1)62-43-53(52-29-28-45-14-4-5-18-49(45)40-52)33-38-66(62)69(56-21-13-20-51(42-56)54-34-39-67-63(44-54)61-37-32-48-17-6-7-23-58(48)68(61)71-67)55-35-30-46(31-36-55)50-19-12-22-57(41-50)70-64-26-10-8-24-59(64)60-25-9-11-27-65(60)70/h1-44H. The lowest BCUT2D eigenvalue weighted by atomic mass is 9.94. The fraction of sp³-hybridized carbons (Fsp3) is 0. The number of benzene rings is 12. The number of aromatic nitrogens is 1. The molecule has 0 aliphatic heterocycles.